The quantitative estimate of drug-likeness (QED) is 0.646. The van der Waals surface area contributed by atoms with Gasteiger partial charge in [-0.05, 0) is 60.7 Å². The molecule has 0 radical (unpaired) electrons. The molecule has 1 aromatic heterocycles. The van der Waals surface area contributed by atoms with Crippen LogP contribution in [-0.4, -0.2) is 28.8 Å². The molecule has 2 heterocycles. The summed E-state index contributed by atoms with van der Waals surface area (Å²) in [6, 6.07) is 8.82. The molecule has 0 atom stereocenters. The molecule has 1 aliphatic carbocycles. The van der Waals surface area contributed by atoms with Crippen molar-refractivity contribution in [3.05, 3.63) is 63.4 Å². The first-order chi connectivity index (χ1) is 14.9. The lowest BCUT2D eigenvalue weighted by molar-refractivity contribution is -0.0486. The van der Waals surface area contributed by atoms with Gasteiger partial charge in [-0.1, -0.05) is 12.1 Å². The first-order valence-corrected chi connectivity index (χ1v) is 10.2. The third kappa shape index (κ3) is 3.46. The number of pyridine rings is 1. The average Bonchev–Trinajstić information content (AvgIpc) is 3.58. The van der Waals surface area contributed by atoms with Crippen LogP contribution in [-0.2, 0) is 13.0 Å². The Labute approximate surface area is 176 Å². The van der Waals surface area contributed by atoms with Crippen LogP contribution >= 0.6 is 0 Å². The summed E-state index contributed by atoms with van der Waals surface area (Å²) in [6.45, 7) is -1.51. The lowest BCUT2D eigenvalue weighted by atomic mass is 9.94. The highest BCUT2D eigenvalue weighted by atomic mass is 19.3. The molecule has 5 rings (SSSR count). The summed E-state index contributed by atoms with van der Waals surface area (Å²) in [5.41, 5.74) is 2.57. The van der Waals surface area contributed by atoms with E-state index in [2.05, 4.69) is 5.32 Å². The number of aromatic nitrogens is 1. The average molecular weight is 426 g/mol. The normalized spacial score (nSPS) is 15.8. The van der Waals surface area contributed by atoms with Gasteiger partial charge in [-0.25, -0.2) is 4.79 Å². The number of halogens is 2. The first kappa shape index (κ1) is 19.7. The molecule has 2 N–H and O–H groups in total. The minimum Gasteiger partial charge on any atom is -0.477 e. The molecule has 0 saturated heterocycles. The first-order valence-electron chi connectivity index (χ1n) is 10.2. The fourth-order valence-corrected chi connectivity index (χ4v) is 4.29. The number of carboxylic acid groups (broad SMARTS) is 1. The summed E-state index contributed by atoms with van der Waals surface area (Å²) in [4.78, 5) is 24.4. The fourth-order valence-electron chi connectivity index (χ4n) is 4.29. The van der Waals surface area contributed by atoms with E-state index >= 15 is 0 Å². The standard InChI is InChI=1S/C23H20F2N2O4/c24-23(25)31-21-16(13-2-1-12-7-8-26-10-14(12)9-13)5-6-17-19(21)27(15-3-4-15)11-18(20(17)28)22(29)30/h1-2,5-6,9,11,15,23,26H,3-4,7-8,10H2,(H,29,30). The fraction of sp³-hybridized carbons (Fsp3) is 0.304. The molecule has 1 fully saturated rings. The third-order valence-electron chi connectivity index (χ3n) is 5.93. The number of hydrogen-bond acceptors (Lipinski definition) is 4. The van der Waals surface area contributed by atoms with Gasteiger partial charge in [0.1, 0.15) is 5.56 Å². The summed E-state index contributed by atoms with van der Waals surface area (Å²) >= 11 is 0. The number of fused-ring (bicyclic) bond motifs is 2. The minimum absolute atomic E-state index is 0.0517. The Balaban J connectivity index is 1.80. The molecule has 0 bridgehead atoms. The van der Waals surface area contributed by atoms with Crippen molar-refractivity contribution in [2.75, 3.05) is 6.54 Å². The smallest absolute Gasteiger partial charge is 0.387 e. The van der Waals surface area contributed by atoms with Crippen LogP contribution in [0.4, 0.5) is 8.78 Å². The Kier molecular flexibility index (Phi) is 4.74. The Morgan fingerprint density at radius 3 is 2.71 bits per heavy atom. The van der Waals surface area contributed by atoms with Gasteiger partial charge in [-0.15, -0.1) is 0 Å². The zero-order valence-corrected chi connectivity index (χ0v) is 16.5. The number of hydrogen-bond donors (Lipinski definition) is 2. The summed E-state index contributed by atoms with van der Waals surface area (Å²) in [7, 11) is 0. The van der Waals surface area contributed by atoms with Gasteiger partial charge < -0.3 is 19.7 Å². The van der Waals surface area contributed by atoms with E-state index in [0.29, 0.717) is 17.7 Å². The van der Waals surface area contributed by atoms with Crippen LogP contribution in [0, 0.1) is 0 Å². The maximum atomic E-state index is 13.5. The highest BCUT2D eigenvalue weighted by Crippen LogP contribution is 2.43. The van der Waals surface area contributed by atoms with E-state index in [0.717, 1.165) is 31.4 Å². The molecule has 0 unspecified atom stereocenters. The Bertz CT molecular complexity index is 1260. The van der Waals surface area contributed by atoms with Crippen LogP contribution in [0.15, 0.2) is 41.3 Å². The number of carbonyl (C=O) groups is 1. The maximum absolute atomic E-state index is 13.5. The molecule has 0 spiro atoms. The van der Waals surface area contributed by atoms with E-state index in [1.807, 2.05) is 18.2 Å². The molecule has 1 aliphatic heterocycles. The molecule has 3 aromatic rings. The van der Waals surface area contributed by atoms with E-state index in [-0.39, 0.29) is 28.3 Å². The number of alkyl halides is 2. The zero-order chi connectivity index (χ0) is 21.7. The van der Waals surface area contributed by atoms with Crippen molar-refractivity contribution < 1.29 is 23.4 Å². The van der Waals surface area contributed by atoms with Crippen molar-refractivity contribution in [3.63, 3.8) is 0 Å². The monoisotopic (exact) mass is 426 g/mol. The molecule has 1 saturated carbocycles. The van der Waals surface area contributed by atoms with E-state index in [4.69, 9.17) is 4.74 Å². The summed E-state index contributed by atoms with van der Waals surface area (Å²) in [5.74, 6) is -1.44. The van der Waals surface area contributed by atoms with E-state index < -0.39 is 18.0 Å². The van der Waals surface area contributed by atoms with Crippen molar-refractivity contribution >= 4 is 16.9 Å². The molecule has 2 aromatic carbocycles. The van der Waals surface area contributed by atoms with Crippen LogP contribution in [0.5, 0.6) is 5.75 Å². The van der Waals surface area contributed by atoms with E-state index in [1.165, 1.54) is 17.8 Å². The second-order valence-electron chi connectivity index (χ2n) is 7.94. The van der Waals surface area contributed by atoms with Gasteiger partial charge in [-0.3, -0.25) is 4.79 Å². The van der Waals surface area contributed by atoms with Crippen LogP contribution in [0.2, 0.25) is 0 Å². The zero-order valence-electron chi connectivity index (χ0n) is 16.5. The number of benzene rings is 2. The predicted octanol–water partition coefficient (Wildman–Crippen LogP) is 3.95. The number of carboxylic acids is 1. The lowest BCUT2D eigenvalue weighted by Gasteiger charge is -2.21. The minimum atomic E-state index is -3.09. The molecule has 6 nitrogen and oxygen atoms in total. The molecule has 31 heavy (non-hydrogen) atoms. The van der Waals surface area contributed by atoms with Crippen molar-refractivity contribution in [1.82, 2.24) is 9.88 Å². The SMILES string of the molecule is O=C(O)c1cn(C2CC2)c2c(OC(F)F)c(-c3ccc4c(c3)CNCC4)ccc2c1=O. The van der Waals surface area contributed by atoms with Crippen LogP contribution in [0.25, 0.3) is 22.0 Å². The number of nitrogens with one attached hydrogen (secondary N) is 1. The number of rotatable bonds is 5. The molecular weight excluding hydrogens is 406 g/mol. The molecular formula is C23H20F2N2O4. The van der Waals surface area contributed by atoms with Crippen LogP contribution in [0.1, 0.15) is 40.4 Å². The Hall–Kier alpha value is -3.26. The van der Waals surface area contributed by atoms with Crippen molar-refractivity contribution in [1.29, 1.82) is 0 Å². The molecule has 8 heteroatoms. The van der Waals surface area contributed by atoms with Gasteiger partial charge in [0, 0.05) is 24.3 Å². The molecule has 0 amide bonds. The van der Waals surface area contributed by atoms with Gasteiger partial charge in [0.25, 0.3) is 0 Å². The van der Waals surface area contributed by atoms with Crippen molar-refractivity contribution in [2.45, 2.75) is 38.5 Å². The third-order valence-corrected chi connectivity index (χ3v) is 5.93. The summed E-state index contributed by atoms with van der Waals surface area (Å²) in [6.07, 6.45) is 3.70. The molecule has 2 aliphatic rings. The highest BCUT2D eigenvalue weighted by Gasteiger charge is 2.30. The molecule has 160 valence electrons. The lowest BCUT2D eigenvalue weighted by Crippen LogP contribution is -2.23. The number of aromatic carboxylic acids is 1. The number of ether oxygens (including phenoxy) is 1. The largest absolute Gasteiger partial charge is 0.477 e. The van der Waals surface area contributed by atoms with Crippen LogP contribution < -0.4 is 15.5 Å². The Morgan fingerprint density at radius 1 is 1.19 bits per heavy atom. The van der Waals surface area contributed by atoms with E-state index in [1.54, 1.807) is 10.6 Å². The summed E-state index contributed by atoms with van der Waals surface area (Å²) in [5, 5.41) is 12.8. The second-order valence-corrected chi connectivity index (χ2v) is 7.94. The summed E-state index contributed by atoms with van der Waals surface area (Å²) < 4.78 is 33.5. The van der Waals surface area contributed by atoms with Gasteiger partial charge in [-0.2, -0.15) is 8.78 Å². The van der Waals surface area contributed by atoms with Gasteiger partial charge >= 0.3 is 12.6 Å². The maximum Gasteiger partial charge on any atom is 0.387 e. The highest BCUT2D eigenvalue weighted by molar-refractivity contribution is 5.97. The van der Waals surface area contributed by atoms with E-state index in [9.17, 15) is 23.5 Å². The van der Waals surface area contributed by atoms with Crippen molar-refractivity contribution in [2.24, 2.45) is 0 Å². The number of nitrogens with zero attached hydrogens (tertiary/aromatic N) is 1. The predicted molar refractivity (Wildman–Crippen MR) is 111 cm³/mol. The Morgan fingerprint density at radius 2 is 2.00 bits per heavy atom. The van der Waals surface area contributed by atoms with Crippen molar-refractivity contribution in [3.8, 4) is 16.9 Å². The van der Waals surface area contributed by atoms with Gasteiger partial charge in [0.05, 0.1) is 10.9 Å². The van der Waals surface area contributed by atoms with Crippen LogP contribution in [0.3, 0.4) is 0 Å². The topological polar surface area (TPSA) is 80.6 Å². The second kappa shape index (κ2) is 7.46. The van der Waals surface area contributed by atoms with Gasteiger partial charge in [0.2, 0.25) is 5.43 Å². The van der Waals surface area contributed by atoms with Gasteiger partial charge in [0.15, 0.2) is 5.75 Å².